The summed E-state index contributed by atoms with van der Waals surface area (Å²) >= 11 is 6.35. The van der Waals surface area contributed by atoms with Crippen molar-refractivity contribution < 1.29 is 0 Å². The van der Waals surface area contributed by atoms with Crippen molar-refractivity contribution in [1.82, 2.24) is 15.1 Å². The minimum absolute atomic E-state index is 0.714. The van der Waals surface area contributed by atoms with Crippen LogP contribution in [0.15, 0.2) is 0 Å². The lowest BCUT2D eigenvalue weighted by atomic mass is 9.94. The van der Waals surface area contributed by atoms with E-state index < -0.39 is 0 Å². The van der Waals surface area contributed by atoms with Gasteiger partial charge < -0.3 is 5.32 Å². The number of halogens is 1. The second-order valence-corrected chi connectivity index (χ2v) is 4.98. The molecule has 1 atom stereocenters. The van der Waals surface area contributed by atoms with Crippen molar-refractivity contribution in [1.29, 1.82) is 0 Å². The summed E-state index contributed by atoms with van der Waals surface area (Å²) in [5, 5.41) is 8.79. The highest BCUT2D eigenvalue weighted by molar-refractivity contribution is 6.31. The zero-order valence-corrected chi connectivity index (χ0v) is 10.8. The van der Waals surface area contributed by atoms with Crippen LogP contribution in [0.25, 0.3) is 0 Å². The molecule has 4 heteroatoms. The van der Waals surface area contributed by atoms with E-state index in [2.05, 4.69) is 17.3 Å². The molecule has 0 bridgehead atoms. The van der Waals surface area contributed by atoms with Crippen LogP contribution in [0.1, 0.15) is 31.2 Å². The summed E-state index contributed by atoms with van der Waals surface area (Å²) in [5.74, 6) is 0.714. The Morgan fingerprint density at radius 2 is 2.38 bits per heavy atom. The van der Waals surface area contributed by atoms with E-state index in [9.17, 15) is 0 Å². The van der Waals surface area contributed by atoms with Crippen LogP contribution < -0.4 is 5.32 Å². The van der Waals surface area contributed by atoms with Crippen LogP contribution in [0.3, 0.4) is 0 Å². The van der Waals surface area contributed by atoms with Gasteiger partial charge in [0.15, 0.2) is 0 Å². The lowest BCUT2D eigenvalue weighted by Crippen LogP contribution is -2.31. The first-order valence-corrected chi connectivity index (χ1v) is 6.51. The number of hydrogen-bond acceptors (Lipinski definition) is 2. The van der Waals surface area contributed by atoms with E-state index in [-0.39, 0.29) is 0 Å². The molecule has 1 aliphatic heterocycles. The molecule has 0 spiro atoms. The van der Waals surface area contributed by atoms with Crippen molar-refractivity contribution in [3.05, 3.63) is 16.4 Å². The maximum absolute atomic E-state index is 6.35. The van der Waals surface area contributed by atoms with Gasteiger partial charge in [-0.05, 0) is 44.7 Å². The zero-order chi connectivity index (χ0) is 11.5. The van der Waals surface area contributed by atoms with Gasteiger partial charge in [0.1, 0.15) is 0 Å². The van der Waals surface area contributed by atoms with Gasteiger partial charge in [-0.2, -0.15) is 5.10 Å². The van der Waals surface area contributed by atoms with Gasteiger partial charge in [-0.1, -0.05) is 18.5 Å². The number of rotatable bonds is 3. The van der Waals surface area contributed by atoms with Crippen LogP contribution in [0.5, 0.6) is 0 Å². The highest BCUT2D eigenvalue weighted by Crippen LogP contribution is 2.25. The van der Waals surface area contributed by atoms with Crippen molar-refractivity contribution in [3.8, 4) is 0 Å². The number of aryl methyl sites for hydroxylation is 2. The van der Waals surface area contributed by atoms with Crippen LogP contribution in [0.2, 0.25) is 5.02 Å². The van der Waals surface area contributed by atoms with Crippen LogP contribution >= 0.6 is 11.6 Å². The van der Waals surface area contributed by atoms with E-state index in [1.807, 2.05) is 11.7 Å². The molecule has 16 heavy (non-hydrogen) atoms. The number of aromatic nitrogens is 2. The fourth-order valence-corrected chi connectivity index (χ4v) is 2.78. The maximum Gasteiger partial charge on any atom is 0.0849 e. The molecule has 0 amide bonds. The van der Waals surface area contributed by atoms with E-state index in [0.29, 0.717) is 5.92 Å². The highest BCUT2D eigenvalue weighted by atomic mass is 35.5. The molecular formula is C12H20ClN3. The average Bonchev–Trinajstić information content (AvgIpc) is 2.58. The summed E-state index contributed by atoms with van der Waals surface area (Å²) in [6.07, 6.45) is 4.54. The standard InChI is InChI=1S/C12H20ClN3/c1-3-10-12(13)11(16(2)15-10)7-9-5-4-6-14-8-9/h9,14H,3-8H2,1-2H3. The third-order valence-electron chi connectivity index (χ3n) is 3.38. The minimum Gasteiger partial charge on any atom is -0.316 e. The van der Waals surface area contributed by atoms with Crippen molar-refractivity contribution in [2.45, 2.75) is 32.6 Å². The fraction of sp³-hybridized carbons (Fsp3) is 0.750. The van der Waals surface area contributed by atoms with Gasteiger partial charge in [0.2, 0.25) is 0 Å². The number of piperidine rings is 1. The minimum atomic E-state index is 0.714. The molecule has 2 heterocycles. The average molecular weight is 242 g/mol. The van der Waals surface area contributed by atoms with Gasteiger partial charge in [0.25, 0.3) is 0 Å². The summed E-state index contributed by atoms with van der Waals surface area (Å²) in [7, 11) is 2.00. The lowest BCUT2D eigenvalue weighted by Gasteiger charge is -2.22. The molecule has 1 aromatic rings. The molecule has 0 saturated carbocycles. The van der Waals surface area contributed by atoms with Crippen LogP contribution in [0, 0.1) is 5.92 Å². The van der Waals surface area contributed by atoms with Gasteiger partial charge in [-0.15, -0.1) is 0 Å². The Morgan fingerprint density at radius 3 is 2.94 bits per heavy atom. The quantitative estimate of drug-likeness (QED) is 0.879. The van der Waals surface area contributed by atoms with E-state index in [1.165, 1.54) is 18.5 Å². The molecule has 0 aliphatic carbocycles. The Labute approximate surface area is 102 Å². The van der Waals surface area contributed by atoms with Gasteiger partial charge >= 0.3 is 0 Å². The molecule has 2 rings (SSSR count). The smallest absolute Gasteiger partial charge is 0.0849 e. The zero-order valence-electron chi connectivity index (χ0n) is 10.1. The van der Waals surface area contributed by atoms with Crippen LogP contribution in [-0.4, -0.2) is 22.9 Å². The van der Waals surface area contributed by atoms with Crippen molar-refractivity contribution in [2.75, 3.05) is 13.1 Å². The Morgan fingerprint density at radius 1 is 1.56 bits per heavy atom. The second kappa shape index (κ2) is 5.19. The molecule has 0 aromatic carbocycles. The van der Waals surface area contributed by atoms with Gasteiger partial charge in [0, 0.05) is 7.05 Å². The van der Waals surface area contributed by atoms with E-state index >= 15 is 0 Å². The van der Waals surface area contributed by atoms with Crippen LogP contribution in [0.4, 0.5) is 0 Å². The Bertz CT molecular complexity index is 353. The van der Waals surface area contributed by atoms with E-state index in [1.54, 1.807) is 0 Å². The normalized spacial score (nSPS) is 21.3. The first-order valence-electron chi connectivity index (χ1n) is 6.13. The molecule has 90 valence electrons. The molecule has 1 aliphatic rings. The Balaban J connectivity index is 2.10. The van der Waals surface area contributed by atoms with Crippen molar-refractivity contribution in [3.63, 3.8) is 0 Å². The third kappa shape index (κ3) is 2.41. The summed E-state index contributed by atoms with van der Waals surface area (Å²) < 4.78 is 1.95. The molecule has 3 nitrogen and oxygen atoms in total. The lowest BCUT2D eigenvalue weighted by molar-refractivity contribution is 0.369. The van der Waals surface area contributed by atoms with E-state index in [4.69, 9.17) is 11.6 Å². The number of nitrogens with one attached hydrogen (secondary N) is 1. The molecule has 1 N–H and O–H groups in total. The fourth-order valence-electron chi connectivity index (χ4n) is 2.41. The topological polar surface area (TPSA) is 29.9 Å². The number of nitrogens with zero attached hydrogens (tertiary/aromatic N) is 2. The summed E-state index contributed by atoms with van der Waals surface area (Å²) in [6.45, 7) is 4.37. The number of hydrogen-bond donors (Lipinski definition) is 1. The monoisotopic (exact) mass is 241 g/mol. The highest BCUT2D eigenvalue weighted by Gasteiger charge is 2.19. The summed E-state index contributed by atoms with van der Waals surface area (Å²) in [6, 6.07) is 0. The van der Waals surface area contributed by atoms with Crippen molar-refractivity contribution >= 4 is 11.6 Å². The maximum atomic E-state index is 6.35. The predicted molar refractivity (Wildman–Crippen MR) is 66.9 cm³/mol. The molecule has 1 saturated heterocycles. The molecule has 1 unspecified atom stereocenters. The van der Waals surface area contributed by atoms with Crippen LogP contribution in [-0.2, 0) is 19.9 Å². The van der Waals surface area contributed by atoms with Gasteiger partial charge in [-0.25, -0.2) is 0 Å². The second-order valence-electron chi connectivity index (χ2n) is 4.60. The largest absolute Gasteiger partial charge is 0.316 e. The first kappa shape index (κ1) is 11.9. The Hall–Kier alpha value is -0.540. The third-order valence-corrected chi connectivity index (χ3v) is 3.82. The van der Waals surface area contributed by atoms with Crippen molar-refractivity contribution in [2.24, 2.45) is 13.0 Å². The predicted octanol–water partition coefficient (Wildman–Crippen LogP) is 2.18. The van der Waals surface area contributed by atoms with E-state index in [0.717, 1.165) is 36.6 Å². The molecule has 1 fully saturated rings. The Kier molecular flexibility index (Phi) is 3.87. The SMILES string of the molecule is CCc1nn(C)c(CC2CCCNC2)c1Cl. The molecule has 0 radical (unpaired) electrons. The summed E-state index contributed by atoms with van der Waals surface area (Å²) in [5.41, 5.74) is 2.23. The summed E-state index contributed by atoms with van der Waals surface area (Å²) in [4.78, 5) is 0. The molecular weight excluding hydrogens is 222 g/mol. The molecule has 1 aromatic heterocycles. The van der Waals surface area contributed by atoms with Gasteiger partial charge in [-0.3, -0.25) is 4.68 Å². The first-order chi connectivity index (χ1) is 7.72. The van der Waals surface area contributed by atoms with Gasteiger partial charge in [0.05, 0.1) is 16.4 Å².